The Labute approximate surface area is 166 Å². The first-order chi connectivity index (χ1) is 13.5. The number of hydrogen-bond acceptors (Lipinski definition) is 6. The van der Waals surface area contributed by atoms with Gasteiger partial charge in [0.1, 0.15) is 17.1 Å². The van der Waals surface area contributed by atoms with E-state index in [1.54, 1.807) is 12.4 Å². The van der Waals surface area contributed by atoms with Crippen molar-refractivity contribution in [3.05, 3.63) is 30.1 Å². The lowest BCUT2D eigenvalue weighted by Crippen LogP contribution is -2.49. The molecule has 1 aromatic carbocycles. The van der Waals surface area contributed by atoms with Crippen molar-refractivity contribution in [1.82, 2.24) is 14.9 Å². The third kappa shape index (κ3) is 3.03. The number of piperidine rings is 1. The highest BCUT2D eigenvalue weighted by Gasteiger charge is 2.55. The van der Waals surface area contributed by atoms with E-state index in [1.165, 1.54) is 19.4 Å². The molecular formula is C22H28N6. The second-order valence-electron chi connectivity index (χ2n) is 9.39. The van der Waals surface area contributed by atoms with Crippen molar-refractivity contribution < 1.29 is 0 Å². The van der Waals surface area contributed by atoms with Gasteiger partial charge in [0.2, 0.25) is 0 Å². The van der Waals surface area contributed by atoms with Crippen molar-refractivity contribution in [2.75, 3.05) is 37.6 Å². The highest BCUT2D eigenvalue weighted by atomic mass is 15.2. The Kier molecular flexibility index (Phi) is 4.08. The number of hydrogen-bond donors (Lipinski definition) is 1. The minimum absolute atomic E-state index is 0.00948. The van der Waals surface area contributed by atoms with E-state index < -0.39 is 0 Å². The molecule has 1 spiro atoms. The molecule has 6 heteroatoms. The second-order valence-corrected chi connectivity index (χ2v) is 9.39. The van der Waals surface area contributed by atoms with Crippen molar-refractivity contribution in [3.63, 3.8) is 0 Å². The van der Waals surface area contributed by atoms with Gasteiger partial charge in [-0.05, 0) is 69.2 Å². The zero-order valence-electron chi connectivity index (χ0n) is 16.6. The molecule has 1 unspecified atom stereocenters. The van der Waals surface area contributed by atoms with Gasteiger partial charge >= 0.3 is 0 Å². The van der Waals surface area contributed by atoms with Gasteiger partial charge < -0.3 is 15.5 Å². The van der Waals surface area contributed by atoms with E-state index in [0.29, 0.717) is 22.4 Å². The van der Waals surface area contributed by atoms with Crippen LogP contribution in [0.25, 0.3) is 11.0 Å². The molecule has 1 atom stereocenters. The fourth-order valence-electron chi connectivity index (χ4n) is 5.14. The van der Waals surface area contributed by atoms with Gasteiger partial charge in [-0.25, -0.2) is 0 Å². The Bertz CT molecular complexity index is 932. The van der Waals surface area contributed by atoms with Crippen molar-refractivity contribution >= 4 is 16.7 Å². The van der Waals surface area contributed by atoms with E-state index in [-0.39, 0.29) is 5.54 Å². The van der Waals surface area contributed by atoms with Crippen molar-refractivity contribution in [2.45, 2.75) is 38.1 Å². The van der Waals surface area contributed by atoms with Gasteiger partial charge in [0, 0.05) is 37.6 Å². The molecule has 2 N–H and O–H groups in total. The summed E-state index contributed by atoms with van der Waals surface area (Å²) in [5, 5.41) is 9.40. The third-order valence-electron chi connectivity index (χ3n) is 7.25. The van der Waals surface area contributed by atoms with E-state index in [0.717, 1.165) is 50.2 Å². The van der Waals surface area contributed by atoms with Crippen molar-refractivity contribution in [3.8, 4) is 6.07 Å². The third-order valence-corrected chi connectivity index (χ3v) is 7.25. The molecule has 1 aromatic heterocycles. The van der Waals surface area contributed by atoms with Gasteiger partial charge in [0.15, 0.2) is 0 Å². The Hall–Kier alpha value is -2.23. The number of fused-ring (bicyclic) bond motifs is 1. The summed E-state index contributed by atoms with van der Waals surface area (Å²) in [7, 11) is 0. The zero-order valence-corrected chi connectivity index (χ0v) is 16.6. The lowest BCUT2D eigenvalue weighted by molar-refractivity contribution is 0.139. The van der Waals surface area contributed by atoms with E-state index in [4.69, 9.17) is 5.73 Å². The summed E-state index contributed by atoms with van der Waals surface area (Å²) in [6, 6.07) is 6.21. The minimum atomic E-state index is 0.00948. The van der Waals surface area contributed by atoms with E-state index in [1.807, 2.05) is 6.07 Å². The van der Waals surface area contributed by atoms with Crippen molar-refractivity contribution in [1.29, 1.82) is 5.26 Å². The SMILES string of the molecule is CC1(N)CCN(CC2CN(c3ccc(C#N)c4nccnc34)CC23CC3)CC1. The van der Waals surface area contributed by atoms with Crippen LogP contribution in [0.3, 0.4) is 0 Å². The Balaban J connectivity index is 1.38. The van der Waals surface area contributed by atoms with Crippen LogP contribution < -0.4 is 10.6 Å². The molecule has 2 aliphatic heterocycles. The number of nitriles is 1. The maximum Gasteiger partial charge on any atom is 0.113 e. The standard InChI is InChI=1S/C22H28N6/c1-21(24)6-10-27(11-7-21)13-17-14-28(15-22(17)4-5-22)18-3-2-16(12-23)19-20(18)26-9-8-25-19/h2-3,8-9,17H,4-7,10-11,13-15,24H2,1H3. The quantitative estimate of drug-likeness (QED) is 0.886. The first-order valence-electron chi connectivity index (χ1n) is 10.4. The van der Waals surface area contributed by atoms with Crippen molar-refractivity contribution in [2.24, 2.45) is 17.1 Å². The predicted molar refractivity (Wildman–Crippen MR) is 110 cm³/mol. The van der Waals surface area contributed by atoms with Gasteiger partial charge in [-0.1, -0.05) is 0 Å². The van der Waals surface area contributed by atoms with Crippen LogP contribution >= 0.6 is 0 Å². The van der Waals surface area contributed by atoms with Crippen LogP contribution in [-0.4, -0.2) is 53.1 Å². The van der Waals surface area contributed by atoms with Crippen LogP contribution in [0.4, 0.5) is 5.69 Å². The molecule has 2 saturated heterocycles. The largest absolute Gasteiger partial charge is 0.369 e. The normalized spacial score (nSPS) is 25.9. The number of aromatic nitrogens is 2. The molecule has 1 saturated carbocycles. The minimum Gasteiger partial charge on any atom is -0.369 e. The van der Waals surface area contributed by atoms with Crippen LogP contribution in [0.15, 0.2) is 24.5 Å². The molecule has 0 amide bonds. The number of rotatable bonds is 3. The van der Waals surface area contributed by atoms with Crippen LogP contribution in [0.5, 0.6) is 0 Å². The molecule has 2 aromatic rings. The molecule has 5 rings (SSSR count). The summed E-state index contributed by atoms with van der Waals surface area (Å²) in [4.78, 5) is 14.1. The fourth-order valence-corrected chi connectivity index (χ4v) is 5.14. The molecular weight excluding hydrogens is 348 g/mol. The van der Waals surface area contributed by atoms with E-state index >= 15 is 0 Å². The number of nitrogens with zero attached hydrogens (tertiary/aromatic N) is 5. The van der Waals surface area contributed by atoms with Crippen LogP contribution in [0.1, 0.15) is 38.2 Å². The van der Waals surface area contributed by atoms with Gasteiger partial charge in [-0.3, -0.25) is 9.97 Å². The molecule has 3 aliphatic rings. The Morgan fingerprint density at radius 1 is 1.14 bits per heavy atom. The predicted octanol–water partition coefficient (Wildman–Crippen LogP) is 2.53. The summed E-state index contributed by atoms with van der Waals surface area (Å²) < 4.78 is 0. The van der Waals surface area contributed by atoms with Gasteiger partial charge in [-0.2, -0.15) is 5.26 Å². The average molecular weight is 377 g/mol. The van der Waals surface area contributed by atoms with E-state index in [2.05, 4.69) is 38.8 Å². The van der Waals surface area contributed by atoms with Crippen LogP contribution in [0.2, 0.25) is 0 Å². The maximum atomic E-state index is 9.40. The summed E-state index contributed by atoms with van der Waals surface area (Å²) in [5.74, 6) is 0.692. The summed E-state index contributed by atoms with van der Waals surface area (Å²) >= 11 is 0. The molecule has 146 valence electrons. The maximum absolute atomic E-state index is 9.40. The molecule has 28 heavy (non-hydrogen) atoms. The number of benzene rings is 1. The monoisotopic (exact) mass is 376 g/mol. The van der Waals surface area contributed by atoms with Gasteiger partial charge in [0.05, 0.1) is 11.3 Å². The molecule has 6 nitrogen and oxygen atoms in total. The highest BCUT2D eigenvalue weighted by molar-refractivity contribution is 5.92. The molecule has 0 bridgehead atoms. The topological polar surface area (TPSA) is 82.1 Å². The lowest BCUT2D eigenvalue weighted by Gasteiger charge is -2.38. The summed E-state index contributed by atoms with van der Waals surface area (Å²) in [6.45, 7) is 7.74. The zero-order chi connectivity index (χ0) is 19.4. The molecule has 3 fully saturated rings. The summed E-state index contributed by atoms with van der Waals surface area (Å²) in [5.41, 5.74) is 10.1. The van der Waals surface area contributed by atoms with Crippen LogP contribution in [-0.2, 0) is 0 Å². The Morgan fingerprint density at radius 3 is 2.54 bits per heavy atom. The number of nitrogens with two attached hydrogens (primary N) is 1. The van der Waals surface area contributed by atoms with Crippen LogP contribution in [0, 0.1) is 22.7 Å². The number of anilines is 1. The fraction of sp³-hybridized carbons (Fsp3) is 0.591. The first-order valence-corrected chi connectivity index (χ1v) is 10.4. The van der Waals surface area contributed by atoms with Gasteiger partial charge in [0.25, 0.3) is 0 Å². The average Bonchev–Trinajstić information content (AvgIpc) is 3.39. The lowest BCUT2D eigenvalue weighted by atomic mass is 9.88. The smallest absolute Gasteiger partial charge is 0.113 e. The first kappa shape index (κ1) is 17.8. The van der Waals surface area contributed by atoms with E-state index in [9.17, 15) is 5.26 Å². The molecule has 1 aliphatic carbocycles. The van der Waals surface area contributed by atoms with Gasteiger partial charge in [-0.15, -0.1) is 0 Å². The summed E-state index contributed by atoms with van der Waals surface area (Å²) in [6.07, 6.45) is 8.24. The Morgan fingerprint density at radius 2 is 1.86 bits per heavy atom. The molecule has 3 heterocycles. The second kappa shape index (κ2) is 6.40. The highest BCUT2D eigenvalue weighted by Crippen LogP contribution is 2.57. The number of likely N-dealkylation sites (tertiary alicyclic amines) is 1. The molecule has 0 radical (unpaired) electrons.